The highest BCUT2D eigenvalue weighted by Crippen LogP contribution is 2.67. The van der Waals surface area contributed by atoms with Crippen molar-refractivity contribution in [3.63, 3.8) is 0 Å². The molecule has 0 aromatic heterocycles. The van der Waals surface area contributed by atoms with Crippen molar-refractivity contribution in [3.8, 4) is 0 Å². The van der Waals surface area contributed by atoms with Crippen molar-refractivity contribution >= 4 is 18.1 Å². The average molecular weight is 554 g/mol. The van der Waals surface area contributed by atoms with E-state index in [2.05, 4.69) is 20.8 Å². The zero-order chi connectivity index (χ0) is 28.7. The average Bonchev–Trinajstić information content (AvgIpc) is 3.33. The lowest BCUT2D eigenvalue weighted by Crippen LogP contribution is -2.61. The maximum absolute atomic E-state index is 15.2. The van der Waals surface area contributed by atoms with Crippen LogP contribution in [0.1, 0.15) is 58.9 Å². The van der Waals surface area contributed by atoms with Crippen LogP contribution in [0.5, 0.6) is 0 Å². The second-order valence-corrected chi connectivity index (χ2v) is 11.6. The number of benzene rings is 1. The fourth-order valence-electron chi connectivity index (χ4n) is 6.39. The molecule has 4 rings (SSSR count). The largest absolute Gasteiger partial charge is 0.511 e. The van der Waals surface area contributed by atoms with E-state index >= 15 is 4.39 Å². The Hall–Kier alpha value is -2.79. The summed E-state index contributed by atoms with van der Waals surface area (Å²) in [6.45, 7) is 7.44. The van der Waals surface area contributed by atoms with Crippen LogP contribution in [0, 0.1) is 35.4 Å². The number of hydrogen-bond acceptors (Lipinski definition) is 8. The van der Waals surface area contributed by atoms with Gasteiger partial charge < -0.3 is 29.8 Å². The molecule has 9 nitrogen and oxygen atoms in total. The number of esters is 1. The summed E-state index contributed by atoms with van der Waals surface area (Å²) in [4.78, 5) is 37.4. The number of aliphatic carboxylic acids is 1. The molecule has 3 fully saturated rings. The predicted molar refractivity (Wildman–Crippen MR) is 133 cm³/mol. The van der Waals surface area contributed by atoms with Crippen molar-refractivity contribution < 1.29 is 47.2 Å². The molecule has 3 aliphatic carbocycles. The van der Waals surface area contributed by atoms with Crippen LogP contribution in [-0.2, 0) is 35.1 Å². The monoisotopic (exact) mass is 553 g/mol. The molecule has 1 aromatic carbocycles. The van der Waals surface area contributed by atoms with Gasteiger partial charge in [-0.25, -0.2) is 23.2 Å². The first-order valence-corrected chi connectivity index (χ1v) is 13.4. The van der Waals surface area contributed by atoms with E-state index in [-0.39, 0.29) is 25.0 Å². The number of carbonyl (C=O) groups excluding carboxylic acids is 2. The lowest BCUT2D eigenvalue weighted by Gasteiger charge is -2.36. The molecule has 0 aliphatic heterocycles. The molecule has 0 radical (unpaired) electrons. The predicted octanol–water partition coefficient (Wildman–Crippen LogP) is 4.35. The van der Waals surface area contributed by atoms with Crippen LogP contribution in [-0.4, -0.2) is 52.9 Å². The Morgan fingerprint density at radius 3 is 2.38 bits per heavy atom. The van der Waals surface area contributed by atoms with Crippen LogP contribution in [0.25, 0.3) is 0 Å². The van der Waals surface area contributed by atoms with E-state index in [1.54, 1.807) is 0 Å². The molecular formula is C28H37F2NO8. The van der Waals surface area contributed by atoms with Crippen molar-refractivity contribution in [3.05, 3.63) is 35.6 Å². The van der Waals surface area contributed by atoms with Crippen LogP contribution in [0.15, 0.2) is 24.3 Å². The fourth-order valence-corrected chi connectivity index (χ4v) is 6.39. The van der Waals surface area contributed by atoms with Gasteiger partial charge in [0.25, 0.3) is 0 Å². The first-order valence-electron chi connectivity index (χ1n) is 13.4. The summed E-state index contributed by atoms with van der Waals surface area (Å²) in [5.74, 6) is -4.86. The minimum Gasteiger partial charge on any atom is -0.479 e. The van der Waals surface area contributed by atoms with Crippen LogP contribution >= 0.6 is 0 Å². The van der Waals surface area contributed by atoms with Crippen LogP contribution in [0.4, 0.5) is 13.6 Å². The zero-order valence-corrected chi connectivity index (χ0v) is 22.6. The molecule has 0 bridgehead atoms. The fraction of sp³-hybridized carbons (Fsp3) is 0.679. The Labute approximate surface area is 226 Å². The minimum absolute atomic E-state index is 0.0712. The molecule has 9 atom stereocenters. The lowest BCUT2D eigenvalue weighted by molar-refractivity contribution is -0.184. The number of ether oxygens (including phenoxy) is 4. The van der Waals surface area contributed by atoms with Gasteiger partial charge in [-0.1, -0.05) is 39.3 Å². The first-order chi connectivity index (χ1) is 18.3. The van der Waals surface area contributed by atoms with E-state index in [9.17, 15) is 23.9 Å². The molecule has 0 amide bonds. The Bertz CT molecular complexity index is 1080. The third kappa shape index (κ3) is 5.61. The third-order valence-corrected chi connectivity index (χ3v) is 8.59. The molecule has 216 valence electrons. The van der Waals surface area contributed by atoms with Gasteiger partial charge in [0.2, 0.25) is 12.0 Å². The highest BCUT2D eigenvalue weighted by atomic mass is 19.1. The molecule has 0 spiro atoms. The van der Waals surface area contributed by atoms with E-state index in [1.165, 1.54) is 31.2 Å². The Kier molecular flexibility index (Phi) is 8.23. The third-order valence-electron chi connectivity index (χ3n) is 8.59. The summed E-state index contributed by atoms with van der Waals surface area (Å²) >= 11 is 0. The standard InChI is InChI=1S/C28H37F2NO8/c1-14(2)19-10-5-15(3)11-21(19)39-26(35)38-16(4)37-25(34)28(31)22(12-20-23(28)27(20,30)24(32)33)36-13-17-6-8-18(29)9-7-17/h6-9,14-16,19-23H,5,10-13,31H2,1-4H3,(H,32,33)/t15-,16?,19+,20+,21-,22+,23?,27+,28-/m0/s1. The SMILES string of the molecule is CC(OC(=O)O[C@H]1C[C@@H](C)CC[C@@H]1C(C)C)OC(=O)[C@@]1(N)C2[C@@H](C[C@H]1OCc1ccc(F)cc1)[C@]2(F)C(=O)O. The van der Waals surface area contributed by atoms with Gasteiger partial charge in [-0.15, -0.1) is 0 Å². The number of rotatable bonds is 9. The van der Waals surface area contributed by atoms with Gasteiger partial charge in [0, 0.05) is 18.8 Å². The summed E-state index contributed by atoms with van der Waals surface area (Å²) < 4.78 is 50.3. The number of fused-ring (bicyclic) bond motifs is 1. The van der Waals surface area contributed by atoms with Crippen molar-refractivity contribution in [2.45, 2.75) is 89.7 Å². The number of nitrogens with two attached hydrogens (primary N) is 1. The topological polar surface area (TPSA) is 134 Å². The first kappa shape index (κ1) is 29.2. The van der Waals surface area contributed by atoms with Gasteiger partial charge in [-0.2, -0.15) is 0 Å². The van der Waals surface area contributed by atoms with E-state index in [4.69, 9.17) is 24.7 Å². The quantitative estimate of drug-likeness (QED) is 0.338. The number of carboxylic acids is 1. The molecule has 2 unspecified atom stereocenters. The number of carboxylic acid groups (broad SMARTS) is 1. The van der Waals surface area contributed by atoms with E-state index in [0.717, 1.165) is 12.8 Å². The summed E-state index contributed by atoms with van der Waals surface area (Å²) in [5.41, 5.74) is 2.12. The molecule has 11 heteroatoms. The van der Waals surface area contributed by atoms with Crippen molar-refractivity contribution in [2.24, 2.45) is 35.3 Å². The zero-order valence-electron chi connectivity index (χ0n) is 22.6. The highest BCUT2D eigenvalue weighted by molar-refractivity contribution is 5.91. The molecule has 1 aromatic rings. The van der Waals surface area contributed by atoms with Gasteiger partial charge in [-0.05, 0) is 54.7 Å². The maximum atomic E-state index is 15.2. The number of halogens is 2. The molecule has 3 saturated carbocycles. The van der Waals surface area contributed by atoms with E-state index < -0.39 is 59.3 Å². The van der Waals surface area contributed by atoms with Gasteiger partial charge in [0.1, 0.15) is 17.5 Å². The maximum Gasteiger partial charge on any atom is 0.511 e. The second-order valence-electron chi connectivity index (χ2n) is 11.6. The molecule has 0 saturated heterocycles. The number of carbonyl (C=O) groups is 3. The van der Waals surface area contributed by atoms with Crippen LogP contribution in [0.2, 0.25) is 0 Å². The van der Waals surface area contributed by atoms with Gasteiger partial charge in [0.05, 0.1) is 12.7 Å². The molecule has 0 heterocycles. The normalized spacial score (nSPS) is 36.1. The van der Waals surface area contributed by atoms with Gasteiger partial charge in [0.15, 0.2) is 0 Å². The second kappa shape index (κ2) is 11.0. The summed E-state index contributed by atoms with van der Waals surface area (Å²) in [7, 11) is 0. The van der Waals surface area contributed by atoms with Crippen LogP contribution in [0.3, 0.4) is 0 Å². The molecule has 3 N–H and O–H groups in total. The lowest BCUT2D eigenvalue weighted by atomic mass is 9.75. The number of alkyl halides is 1. The molecular weight excluding hydrogens is 516 g/mol. The smallest absolute Gasteiger partial charge is 0.479 e. The Morgan fingerprint density at radius 2 is 1.77 bits per heavy atom. The van der Waals surface area contributed by atoms with E-state index in [1.807, 2.05) is 0 Å². The van der Waals surface area contributed by atoms with Crippen molar-refractivity contribution in [1.82, 2.24) is 0 Å². The van der Waals surface area contributed by atoms with Crippen LogP contribution < -0.4 is 5.73 Å². The van der Waals surface area contributed by atoms with Gasteiger partial charge >= 0.3 is 18.1 Å². The van der Waals surface area contributed by atoms with Crippen molar-refractivity contribution in [1.29, 1.82) is 0 Å². The summed E-state index contributed by atoms with van der Waals surface area (Å²) in [5, 5.41) is 9.44. The van der Waals surface area contributed by atoms with Gasteiger partial charge in [-0.3, -0.25) is 0 Å². The molecule has 39 heavy (non-hydrogen) atoms. The Balaban J connectivity index is 1.41. The molecule has 3 aliphatic rings. The highest BCUT2D eigenvalue weighted by Gasteiger charge is 2.85. The summed E-state index contributed by atoms with van der Waals surface area (Å²) in [6, 6.07) is 5.44. The van der Waals surface area contributed by atoms with Crippen molar-refractivity contribution in [2.75, 3.05) is 0 Å². The summed E-state index contributed by atoms with van der Waals surface area (Å²) in [6.07, 6.45) is -1.32. The Morgan fingerprint density at radius 1 is 1.10 bits per heavy atom. The minimum atomic E-state index is -2.70. The van der Waals surface area contributed by atoms with E-state index in [0.29, 0.717) is 23.8 Å². The number of hydrogen-bond donors (Lipinski definition) is 2.